The smallest absolute Gasteiger partial charge is 0.0733 e. The predicted molar refractivity (Wildman–Crippen MR) is 44.3 cm³/mol. The van der Waals surface area contributed by atoms with Crippen LogP contribution < -0.4 is 0 Å². The Kier molecular flexibility index (Phi) is 5.22. The van der Waals surface area contributed by atoms with E-state index in [4.69, 9.17) is 0 Å². The summed E-state index contributed by atoms with van der Waals surface area (Å²) in [5.41, 5.74) is 0. The first-order valence-corrected chi connectivity index (χ1v) is 4.81. The maximum atomic E-state index is 3.82. The maximum Gasteiger partial charge on any atom is 0.0733 e. The van der Waals surface area contributed by atoms with E-state index >= 15 is 0 Å². The van der Waals surface area contributed by atoms with Crippen LogP contribution in [-0.4, -0.2) is 9.07 Å². The molecule has 0 aliphatic rings. The molecule has 0 aliphatic carbocycles. The van der Waals surface area contributed by atoms with Crippen LogP contribution in [0.2, 0.25) is 0 Å². The molecule has 1 radical (unpaired) electrons. The molecule has 1 atom stereocenters. The molecule has 0 fully saturated rings. The van der Waals surface area contributed by atoms with Gasteiger partial charge in [-0.2, -0.15) is 0 Å². The summed E-state index contributed by atoms with van der Waals surface area (Å²) in [6.45, 7) is 3.82. The molecular formula is C4H6Br3. The van der Waals surface area contributed by atoms with Crippen molar-refractivity contribution in [3.8, 4) is 0 Å². The molecule has 0 heterocycles. The first-order chi connectivity index (χ1) is 3.18. The van der Waals surface area contributed by atoms with Crippen molar-refractivity contribution in [1.82, 2.24) is 0 Å². The largest absolute Gasteiger partial charge is 0.0924 e. The molecule has 0 N–H and O–H groups in total. The Labute approximate surface area is 69.4 Å². The van der Waals surface area contributed by atoms with Crippen molar-refractivity contribution in [3.05, 3.63) is 6.92 Å². The van der Waals surface area contributed by atoms with Gasteiger partial charge in [0.25, 0.3) is 0 Å². The van der Waals surface area contributed by atoms with Gasteiger partial charge in [0.05, 0.1) is 3.74 Å². The zero-order chi connectivity index (χ0) is 5.86. The van der Waals surface area contributed by atoms with Crippen molar-refractivity contribution in [3.63, 3.8) is 0 Å². The normalized spacial score (nSPS) is 15.0. The summed E-state index contributed by atoms with van der Waals surface area (Å²) >= 11 is 9.94. The lowest BCUT2D eigenvalue weighted by Crippen LogP contribution is -2.03. The zero-order valence-electron chi connectivity index (χ0n) is 3.70. The Balaban J connectivity index is 3.14. The first kappa shape index (κ1) is 8.44. The Morgan fingerprint density at radius 3 is 1.86 bits per heavy atom. The average Bonchev–Trinajstić information content (AvgIpc) is 1.65. The fourth-order valence-corrected chi connectivity index (χ4v) is 1.82. The fraction of sp³-hybridized carbons (Fsp3) is 0.750. The van der Waals surface area contributed by atoms with Crippen LogP contribution in [-0.2, 0) is 0 Å². The molecule has 3 heteroatoms. The van der Waals surface area contributed by atoms with Crippen LogP contribution in [0.4, 0.5) is 0 Å². The van der Waals surface area contributed by atoms with Crippen LogP contribution in [0.25, 0.3) is 0 Å². The van der Waals surface area contributed by atoms with Gasteiger partial charge in [0, 0.05) is 5.33 Å². The minimum absolute atomic E-state index is 0.333. The minimum atomic E-state index is 0.333. The van der Waals surface area contributed by atoms with Gasteiger partial charge in [-0.3, -0.25) is 0 Å². The third-order valence-corrected chi connectivity index (χ3v) is 2.88. The van der Waals surface area contributed by atoms with Crippen molar-refractivity contribution in [2.75, 3.05) is 5.33 Å². The van der Waals surface area contributed by atoms with E-state index in [1.165, 1.54) is 0 Å². The van der Waals surface area contributed by atoms with Crippen LogP contribution in [0, 0.1) is 12.8 Å². The third-order valence-electron chi connectivity index (χ3n) is 0.555. The van der Waals surface area contributed by atoms with Gasteiger partial charge in [0.1, 0.15) is 0 Å². The standard InChI is InChI=1S/C4H6Br3/c1-3(2-5)4(6)7/h3-4H,1-2H2. The summed E-state index contributed by atoms with van der Waals surface area (Å²) in [6, 6.07) is 0. The highest BCUT2D eigenvalue weighted by molar-refractivity contribution is 9.24. The molecule has 0 aromatic heterocycles. The van der Waals surface area contributed by atoms with Crippen molar-refractivity contribution < 1.29 is 0 Å². The molecule has 43 valence electrons. The van der Waals surface area contributed by atoms with Gasteiger partial charge < -0.3 is 0 Å². The van der Waals surface area contributed by atoms with Gasteiger partial charge in [0.2, 0.25) is 0 Å². The summed E-state index contributed by atoms with van der Waals surface area (Å²) in [6.07, 6.45) is 0. The molecule has 0 aliphatic heterocycles. The quantitative estimate of drug-likeness (QED) is 0.687. The summed E-state index contributed by atoms with van der Waals surface area (Å²) in [5.74, 6) is 0.403. The molecule has 0 aromatic rings. The molecule has 0 spiro atoms. The van der Waals surface area contributed by atoms with Crippen molar-refractivity contribution in [2.45, 2.75) is 3.74 Å². The number of alkyl halides is 3. The van der Waals surface area contributed by atoms with Gasteiger partial charge in [-0.25, -0.2) is 0 Å². The Hall–Kier alpha value is 1.44. The van der Waals surface area contributed by atoms with Crippen molar-refractivity contribution >= 4 is 47.8 Å². The Morgan fingerprint density at radius 1 is 1.43 bits per heavy atom. The lowest BCUT2D eigenvalue weighted by Gasteiger charge is -2.05. The van der Waals surface area contributed by atoms with Crippen molar-refractivity contribution in [1.29, 1.82) is 0 Å². The Bertz CT molecular complexity index is 44.2. The zero-order valence-corrected chi connectivity index (χ0v) is 8.46. The molecule has 7 heavy (non-hydrogen) atoms. The predicted octanol–water partition coefficient (Wildman–Crippen LogP) is 2.95. The van der Waals surface area contributed by atoms with Crippen LogP contribution in [0.15, 0.2) is 0 Å². The van der Waals surface area contributed by atoms with E-state index in [1.54, 1.807) is 0 Å². The molecule has 0 aromatic carbocycles. The van der Waals surface area contributed by atoms with Crippen LogP contribution in [0.1, 0.15) is 0 Å². The number of rotatable bonds is 2. The summed E-state index contributed by atoms with van der Waals surface area (Å²) in [4.78, 5) is 0. The van der Waals surface area contributed by atoms with Gasteiger partial charge in [-0.15, -0.1) is 0 Å². The van der Waals surface area contributed by atoms with E-state index in [1.807, 2.05) is 0 Å². The van der Waals surface area contributed by atoms with Gasteiger partial charge >= 0.3 is 0 Å². The molecule has 0 nitrogen and oxygen atoms in total. The number of halogens is 3. The molecule has 0 rings (SSSR count). The van der Waals surface area contributed by atoms with Gasteiger partial charge in [-0.05, 0) is 12.8 Å². The average molecular weight is 294 g/mol. The molecular weight excluding hydrogens is 288 g/mol. The molecule has 0 bridgehead atoms. The van der Waals surface area contributed by atoms with E-state index < -0.39 is 0 Å². The topological polar surface area (TPSA) is 0 Å². The molecule has 0 saturated heterocycles. The second-order valence-electron chi connectivity index (χ2n) is 1.25. The van der Waals surface area contributed by atoms with Crippen molar-refractivity contribution in [2.24, 2.45) is 5.92 Å². The monoisotopic (exact) mass is 291 g/mol. The molecule has 0 amide bonds. The lowest BCUT2D eigenvalue weighted by atomic mass is 10.3. The number of hydrogen-bond donors (Lipinski definition) is 0. The highest BCUT2D eigenvalue weighted by atomic mass is 79.9. The Morgan fingerprint density at radius 2 is 1.86 bits per heavy atom. The highest BCUT2D eigenvalue weighted by Crippen LogP contribution is 2.19. The van der Waals surface area contributed by atoms with E-state index in [2.05, 4.69) is 54.7 Å². The highest BCUT2D eigenvalue weighted by Gasteiger charge is 2.06. The summed E-state index contributed by atoms with van der Waals surface area (Å²) < 4.78 is 0.333. The van der Waals surface area contributed by atoms with Crippen LogP contribution >= 0.6 is 47.8 Å². The number of hydrogen-bond acceptors (Lipinski definition) is 0. The first-order valence-electron chi connectivity index (χ1n) is 1.85. The summed E-state index contributed by atoms with van der Waals surface area (Å²) in [7, 11) is 0. The minimum Gasteiger partial charge on any atom is -0.0924 e. The molecule has 1 unspecified atom stereocenters. The second-order valence-corrected chi connectivity index (χ2v) is 5.10. The van der Waals surface area contributed by atoms with Gasteiger partial charge in [-0.1, -0.05) is 47.8 Å². The third kappa shape index (κ3) is 3.98. The van der Waals surface area contributed by atoms with Crippen LogP contribution in [0.5, 0.6) is 0 Å². The van der Waals surface area contributed by atoms with Crippen LogP contribution in [0.3, 0.4) is 0 Å². The van der Waals surface area contributed by atoms with E-state index in [0.717, 1.165) is 5.33 Å². The maximum absolute atomic E-state index is 3.82. The van der Waals surface area contributed by atoms with Gasteiger partial charge in [0.15, 0.2) is 0 Å². The molecule has 0 saturated carbocycles. The fourth-order valence-electron chi connectivity index (χ4n) is 0.0673. The SMILES string of the molecule is [CH2]C(CBr)C(Br)Br. The summed E-state index contributed by atoms with van der Waals surface area (Å²) in [5, 5.41) is 0.925. The lowest BCUT2D eigenvalue weighted by molar-refractivity contribution is 0.846. The van der Waals surface area contributed by atoms with E-state index in [9.17, 15) is 0 Å². The van der Waals surface area contributed by atoms with E-state index in [0.29, 0.717) is 9.65 Å². The van der Waals surface area contributed by atoms with E-state index in [-0.39, 0.29) is 0 Å². The second kappa shape index (κ2) is 4.33.